The van der Waals surface area contributed by atoms with Crippen molar-refractivity contribution in [3.63, 3.8) is 0 Å². The third-order valence-electron chi connectivity index (χ3n) is 2.93. The molecule has 1 rings (SSSR count). The van der Waals surface area contributed by atoms with E-state index in [-0.39, 0.29) is 12.5 Å². The number of carbonyl (C=O) groups is 1. The van der Waals surface area contributed by atoms with Gasteiger partial charge in [-0.3, -0.25) is 4.79 Å². The first-order valence-electron chi connectivity index (χ1n) is 7.33. The molecule has 0 saturated heterocycles. The van der Waals surface area contributed by atoms with Crippen molar-refractivity contribution in [2.75, 3.05) is 13.2 Å². The summed E-state index contributed by atoms with van der Waals surface area (Å²) < 4.78 is 0. The molecule has 3 N–H and O–H groups in total. The summed E-state index contributed by atoms with van der Waals surface area (Å²) in [7, 11) is 0. The average Bonchev–Trinajstić information content (AvgIpc) is 2.46. The SMILES string of the molecule is CC(C)CC/C(N)=N/OCC(=O)NCCc1ccccc1. The molecular weight excluding hydrogens is 266 g/mol. The van der Waals surface area contributed by atoms with Gasteiger partial charge in [0.2, 0.25) is 0 Å². The molecule has 0 fully saturated rings. The quantitative estimate of drug-likeness (QED) is 0.415. The van der Waals surface area contributed by atoms with E-state index in [1.807, 2.05) is 30.3 Å². The van der Waals surface area contributed by atoms with Crippen LogP contribution in [0.4, 0.5) is 0 Å². The van der Waals surface area contributed by atoms with Gasteiger partial charge in [-0.1, -0.05) is 49.3 Å². The lowest BCUT2D eigenvalue weighted by atomic mass is 10.1. The minimum absolute atomic E-state index is 0.100. The molecule has 0 heterocycles. The van der Waals surface area contributed by atoms with Crippen molar-refractivity contribution >= 4 is 11.7 Å². The third kappa shape index (κ3) is 8.68. The van der Waals surface area contributed by atoms with Crippen LogP contribution in [0.15, 0.2) is 35.5 Å². The molecule has 0 bridgehead atoms. The van der Waals surface area contributed by atoms with Crippen molar-refractivity contribution in [1.29, 1.82) is 0 Å². The summed E-state index contributed by atoms with van der Waals surface area (Å²) in [4.78, 5) is 16.5. The summed E-state index contributed by atoms with van der Waals surface area (Å²) in [5.74, 6) is 0.812. The second kappa shape index (κ2) is 9.80. The van der Waals surface area contributed by atoms with Crippen molar-refractivity contribution in [2.45, 2.75) is 33.1 Å². The zero-order valence-electron chi connectivity index (χ0n) is 12.8. The largest absolute Gasteiger partial charge is 0.384 e. The Hall–Kier alpha value is -2.04. The first-order chi connectivity index (χ1) is 10.1. The first-order valence-corrected chi connectivity index (χ1v) is 7.33. The lowest BCUT2D eigenvalue weighted by molar-refractivity contribution is -0.125. The number of nitrogens with two attached hydrogens (primary N) is 1. The van der Waals surface area contributed by atoms with Crippen molar-refractivity contribution in [2.24, 2.45) is 16.8 Å². The number of oxime groups is 1. The Kier molecular flexibility index (Phi) is 7.94. The molecule has 1 amide bonds. The van der Waals surface area contributed by atoms with E-state index >= 15 is 0 Å². The highest BCUT2D eigenvalue weighted by Crippen LogP contribution is 2.02. The third-order valence-corrected chi connectivity index (χ3v) is 2.93. The maximum Gasteiger partial charge on any atom is 0.260 e. The molecule has 116 valence electrons. The van der Waals surface area contributed by atoms with Crippen LogP contribution >= 0.6 is 0 Å². The maximum atomic E-state index is 11.5. The lowest BCUT2D eigenvalue weighted by Gasteiger charge is -2.06. The van der Waals surface area contributed by atoms with Crippen molar-refractivity contribution in [3.05, 3.63) is 35.9 Å². The van der Waals surface area contributed by atoms with Crippen LogP contribution in [0.25, 0.3) is 0 Å². The predicted molar refractivity (Wildman–Crippen MR) is 84.8 cm³/mol. The Balaban J connectivity index is 2.12. The average molecular weight is 291 g/mol. The molecule has 5 heteroatoms. The van der Waals surface area contributed by atoms with E-state index in [1.54, 1.807) is 0 Å². The van der Waals surface area contributed by atoms with Crippen molar-refractivity contribution in [3.8, 4) is 0 Å². The molecule has 0 unspecified atom stereocenters. The van der Waals surface area contributed by atoms with E-state index in [0.717, 1.165) is 12.8 Å². The van der Waals surface area contributed by atoms with Gasteiger partial charge in [-0.05, 0) is 24.3 Å². The number of hydrogen-bond donors (Lipinski definition) is 2. The number of amides is 1. The molecular formula is C16H25N3O2. The van der Waals surface area contributed by atoms with Crippen LogP contribution in [0.2, 0.25) is 0 Å². The van der Waals surface area contributed by atoms with Crippen LogP contribution in [0, 0.1) is 5.92 Å². The number of nitrogens with one attached hydrogen (secondary N) is 1. The monoisotopic (exact) mass is 291 g/mol. The van der Waals surface area contributed by atoms with Gasteiger partial charge in [0.05, 0.1) is 0 Å². The molecule has 21 heavy (non-hydrogen) atoms. The van der Waals surface area contributed by atoms with Gasteiger partial charge in [0, 0.05) is 13.0 Å². The standard InChI is InChI=1S/C16H25N3O2/c1-13(2)8-9-15(17)19-21-12-16(20)18-11-10-14-6-4-3-5-7-14/h3-7,13H,8-12H2,1-2H3,(H2,17,19)(H,18,20). The van der Waals surface area contributed by atoms with Gasteiger partial charge in [0.15, 0.2) is 6.61 Å². The predicted octanol–water partition coefficient (Wildman–Crippen LogP) is 2.07. The second-order valence-corrected chi connectivity index (χ2v) is 5.37. The van der Waals surface area contributed by atoms with E-state index in [9.17, 15) is 4.79 Å². The molecule has 0 saturated carbocycles. The van der Waals surface area contributed by atoms with Gasteiger partial charge in [-0.15, -0.1) is 0 Å². The number of carbonyl (C=O) groups excluding carboxylic acids is 1. The highest BCUT2D eigenvalue weighted by Gasteiger charge is 2.02. The summed E-state index contributed by atoms with van der Waals surface area (Å²) in [6.07, 6.45) is 2.45. The molecule has 0 atom stereocenters. The molecule has 0 aliphatic rings. The number of amidine groups is 1. The first kappa shape index (κ1) is 17.0. The molecule has 0 aromatic heterocycles. The summed E-state index contributed by atoms with van der Waals surface area (Å²) in [6.45, 7) is 4.72. The number of benzene rings is 1. The Morgan fingerprint density at radius 1 is 1.33 bits per heavy atom. The molecule has 1 aromatic carbocycles. The highest BCUT2D eigenvalue weighted by atomic mass is 16.6. The van der Waals surface area contributed by atoms with Crippen LogP contribution in [0.5, 0.6) is 0 Å². The summed E-state index contributed by atoms with van der Waals surface area (Å²) in [5.41, 5.74) is 6.87. The fourth-order valence-electron chi connectivity index (χ4n) is 1.70. The Labute approximate surface area is 126 Å². The van der Waals surface area contributed by atoms with Gasteiger partial charge in [0.25, 0.3) is 5.91 Å². The topological polar surface area (TPSA) is 76.7 Å². The highest BCUT2D eigenvalue weighted by molar-refractivity contribution is 5.80. The molecule has 0 aliphatic carbocycles. The van der Waals surface area contributed by atoms with Gasteiger partial charge in [-0.25, -0.2) is 0 Å². The molecule has 0 aliphatic heterocycles. The van der Waals surface area contributed by atoms with Gasteiger partial charge in [-0.2, -0.15) is 0 Å². The fraction of sp³-hybridized carbons (Fsp3) is 0.500. The second-order valence-electron chi connectivity index (χ2n) is 5.37. The summed E-state index contributed by atoms with van der Waals surface area (Å²) in [6, 6.07) is 9.99. The Morgan fingerprint density at radius 2 is 2.05 bits per heavy atom. The summed E-state index contributed by atoms with van der Waals surface area (Å²) >= 11 is 0. The molecule has 5 nitrogen and oxygen atoms in total. The van der Waals surface area contributed by atoms with Crippen molar-refractivity contribution < 1.29 is 9.63 Å². The van der Waals surface area contributed by atoms with E-state index in [2.05, 4.69) is 24.3 Å². The van der Waals surface area contributed by atoms with Gasteiger partial charge in [0.1, 0.15) is 5.84 Å². The minimum Gasteiger partial charge on any atom is -0.384 e. The number of rotatable bonds is 9. The van der Waals surface area contributed by atoms with E-state index in [0.29, 0.717) is 24.7 Å². The number of nitrogens with zero attached hydrogens (tertiary/aromatic N) is 1. The van der Waals surface area contributed by atoms with Crippen molar-refractivity contribution in [1.82, 2.24) is 5.32 Å². The maximum absolute atomic E-state index is 11.5. The molecule has 1 aromatic rings. The van der Waals surface area contributed by atoms with Crippen LogP contribution in [-0.2, 0) is 16.1 Å². The zero-order chi connectivity index (χ0) is 15.5. The van der Waals surface area contributed by atoms with Crippen LogP contribution in [0.3, 0.4) is 0 Å². The van der Waals surface area contributed by atoms with Crippen LogP contribution in [0.1, 0.15) is 32.3 Å². The van der Waals surface area contributed by atoms with Crippen LogP contribution < -0.4 is 11.1 Å². The minimum atomic E-state index is -0.189. The Morgan fingerprint density at radius 3 is 2.71 bits per heavy atom. The van der Waals surface area contributed by atoms with Gasteiger partial charge >= 0.3 is 0 Å². The van der Waals surface area contributed by atoms with E-state index < -0.39 is 0 Å². The molecule has 0 radical (unpaired) electrons. The van der Waals surface area contributed by atoms with Gasteiger partial charge < -0.3 is 15.9 Å². The van der Waals surface area contributed by atoms with E-state index in [4.69, 9.17) is 10.6 Å². The smallest absolute Gasteiger partial charge is 0.260 e. The van der Waals surface area contributed by atoms with Crippen LogP contribution in [-0.4, -0.2) is 24.9 Å². The Bertz CT molecular complexity index is 444. The molecule has 0 spiro atoms. The summed E-state index contributed by atoms with van der Waals surface area (Å²) in [5, 5.41) is 6.52. The zero-order valence-corrected chi connectivity index (χ0v) is 12.8. The van der Waals surface area contributed by atoms with E-state index in [1.165, 1.54) is 5.56 Å². The lowest BCUT2D eigenvalue weighted by Crippen LogP contribution is -2.29. The fourth-order valence-corrected chi connectivity index (χ4v) is 1.70. The normalized spacial score (nSPS) is 11.5. The number of hydrogen-bond acceptors (Lipinski definition) is 3.